The molecule has 3 aliphatic heterocycles. The van der Waals surface area contributed by atoms with Gasteiger partial charge in [-0.3, -0.25) is 14.4 Å². The van der Waals surface area contributed by atoms with Crippen LogP contribution >= 0.6 is 0 Å². The number of hydrogen-bond acceptors (Lipinski definition) is 6. The lowest BCUT2D eigenvalue weighted by atomic mass is 9.95. The quantitative estimate of drug-likeness (QED) is 0.504. The molecule has 39 heavy (non-hydrogen) atoms. The van der Waals surface area contributed by atoms with Gasteiger partial charge in [-0.15, -0.1) is 0 Å². The summed E-state index contributed by atoms with van der Waals surface area (Å²) in [5, 5.41) is 6.42. The second-order valence-corrected chi connectivity index (χ2v) is 11.4. The number of primary amides is 1. The largest absolute Gasteiger partial charge is 0.366 e. The summed E-state index contributed by atoms with van der Waals surface area (Å²) in [5.41, 5.74) is 8.53. The molecule has 2 bridgehead atoms. The van der Waals surface area contributed by atoms with Crippen molar-refractivity contribution in [2.75, 3.05) is 24.5 Å². The van der Waals surface area contributed by atoms with E-state index in [1.807, 2.05) is 19.1 Å². The van der Waals surface area contributed by atoms with Crippen LogP contribution in [-0.4, -0.2) is 71.4 Å². The lowest BCUT2D eigenvalue weighted by Crippen LogP contribution is -2.51. The number of piperidine rings is 2. The lowest BCUT2D eigenvalue weighted by molar-refractivity contribution is 0.0902. The van der Waals surface area contributed by atoms with Gasteiger partial charge in [0.2, 0.25) is 5.91 Å². The highest BCUT2D eigenvalue weighted by Gasteiger charge is 2.42. The molecule has 9 nitrogen and oxygen atoms in total. The van der Waals surface area contributed by atoms with Crippen LogP contribution in [0.4, 0.5) is 5.82 Å². The second-order valence-electron chi connectivity index (χ2n) is 11.4. The van der Waals surface area contributed by atoms with E-state index in [9.17, 15) is 14.4 Å². The number of aryl methyl sites for hydroxylation is 2. The molecule has 1 aromatic heterocycles. The SMILES string of the molecule is CCN1CCC[C@@H](NC(=O)c2ccc(N3[C@@H]4CC[C@H]3C[C@@H](NC(=O)c3cc(C)c(C(N)=O)cc3C)C4)nc2)C1. The molecule has 3 amide bonds. The zero-order valence-electron chi connectivity index (χ0n) is 23.2. The Morgan fingerprint density at radius 2 is 1.62 bits per heavy atom. The Labute approximate surface area is 230 Å². The number of nitrogens with zero attached hydrogens (tertiary/aromatic N) is 3. The Hall–Kier alpha value is -3.46. The van der Waals surface area contributed by atoms with Gasteiger partial charge in [0.15, 0.2) is 0 Å². The summed E-state index contributed by atoms with van der Waals surface area (Å²) in [5.74, 6) is 0.238. The number of anilines is 1. The van der Waals surface area contributed by atoms with Crippen molar-refractivity contribution < 1.29 is 14.4 Å². The number of nitrogens with one attached hydrogen (secondary N) is 2. The zero-order valence-corrected chi connectivity index (χ0v) is 23.2. The van der Waals surface area contributed by atoms with Gasteiger partial charge in [-0.2, -0.15) is 0 Å². The van der Waals surface area contributed by atoms with E-state index in [0.717, 1.165) is 69.5 Å². The van der Waals surface area contributed by atoms with Crippen LogP contribution in [0.3, 0.4) is 0 Å². The lowest BCUT2D eigenvalue weighted by Gasteiger charge is -2.40. The number of pyridine rings is 1. The molecule has 0 unspecified atom stereocenters. The van der Waals surface area contributed by atoms with Crippen LogP contribution in [0.15, 0.2) is 30.5 Å². The van der Waals surface area contributed by atoms with E-state index in [1.165, 1.54) is 0 Å². The molecule has 3 saturated heterocycles. The number of rotatable bonds is 7. The minimum absolute atomic E-state index is 0.0595. The first kappa shape index (κ1) is 27.1. The van der Waals surface area contributed by atoms with E-state index >= 15 is 0 Å². The topological polar surface area (TPSA) is 121 Å². The van der Waals surface area contributed by atoms with E-state index in [0.29, 0.717) is 34.3 Å². The zero-order chi connectivity index (χ0) is 27.7. The van der Waals surface area contributed by atoms with Crippen LogP contribution in [0.5, 0.6) is 0 Å². The highest BCUT2D eigenvalue weighted by atomic mass is 16.2. The Balaban J connectivity index is 1.20. The van der Waals surface area contributed by atoms with Crippen LogP contribution in [0.2, 0.25) is 0 Å². The predicted molar refractivity (Wildman–Crippen MR) is 151 cm³/mol. The number of likely N-dealkylation sites (tertiary alicyclic amines) is 1. The Morgan fingerprint density at radius 3 is 2.26 bits per heavy atom. The second kappa shape index (κ2) is 11.3. The van der Waals surface area contributed by atoms with Crippen LogP contribution < -0.4 is 21.3 Å². The van der Waals surface area contributed by atoms with Gasteiger partial charge in [0.05, 0.1) is 5.56 Å². The number of likely N-dealkylation sites (N-methyl/N-ethyl adjacent to an activating group) is 1. The summed E-state index contributed by atoms with van der Waals surface area (Å²) in [7, 11) is 0. The summed E-state index contributed by atoms with van der Waals surface area (Å²) < 4.78 is 0. The van der Waals surface area contributed by atoms with Crippen LogP contribution in [0.25, 0.3) is 0 Å². The van der Waals surface area contributed by atoms with Gasteiger partial charge in [-0.05, 0) is 101 Å². The molecule has 0 radical (unpaired) electrons. The molecule has 4 N–H and O–H groups in total. The molecule has 208 valence electrons. The van der Waals surface area contributed by atoms with Gasteiger partial charge in [0, 0.05) is 48.0 Å². The molecule has 4 atom stereocenters. The molecular formula is C30H40N6O3. The summed E-state index contributed by atoms with van der Waals surface area (Å²) in [6.45, 7) is 8.80. The monoisotopic (exact) mass is 532 g/mol. The third-order valence-corrected chi connectivity index (χ3v) is 8.71. The molecule has 2 aromatic rings. The van der Waals surface area contributed by atoms with Crippen molar-refractivity contribution in [3.63, 3.8) is 0 Å². The molecule has 1 aromatic carbocycles. The summed E-state index contributed by atoms with van der Waals surface area (Å²) in [6.07, 6.45) is 7.62. The van der Waals surface area contributed by atoms with E-state index in [-0.39, 0.29) is 23.9 Å². The third-order valence-electron chi connectivity index (χ3n) is 8.71. The normalized spacial score (nSPS) is 24.8. The van der Waals surface area contributed by atoms with Crippen LogP contribution in [-0.2, 0) is 0 Å². The Bertz CT molecular complexity index is 1230. The van der Waals surface area contributed by atoms with Crippen LogP contribution in [0, 0.1) is 13.8 Å². The maximum absolute atomic E-state index is 13.1. The highest BCUT2D eigenvalue weighted by Crippen LogP contribution is 2.38. The van der Waals surface area contributed by atoms with Gasteiger partial charge < -0.3 is 26.2 Å². The number of nitrogens with two attached hydrogens (primary N) is 1. The van der Waals surface area contributed by atoms with Crippen LogP contribution in [0.1, 0.15) is 87.6 Å². The van der Waals surface area contributed by atoms with Crippen molar-refractivity contribution >= 4 is 23.5 Å². The summed E-state index contributed by atoms with van der Waals surface area (Å²) >= 11 is 0. The van der Waals surface area contributed by atoms with Gasteiger partial charge in [-0.1, -0.05) is 6.92 Å². The number of aromatic nitrogens is 1. The minimum Gasteiger partial charge on any atom is -0.366 e. The van der Waals surface area contributed by atoms with Crippen molar-refractivity contribution in [1.29, 1.82) is 0 Å². The number of hydrogen-bond donors (Lipinski definition) is 3. The highest BCUT2D eigenvalue weighted by molar-refractivity contribution is 5.99. The van der Waals surface area contributed by atoms with E-state index in [1.54, 1.807) is 25.3 Å². The van der Waals surface area contributed by atoms with Crippen molar-refractivity contribution in [3.05, 3.63) is 58.3 Å². The number of fused-ring (bicyclic) bond motifs is 2. The average Bonchev–Trinajstić information content (AvgIpc) is 3.19. The number of amides is 3. The summed E-state index contributed by atoms with van der Waals surface area (Å²) in [4.78, 5) is 47.1. The molecule has 4 heterocycles. The van der Waals surface area contributed by atoms with Crippen molar-refractivity contribution in [3.8, 4) is 0 Å². The Morgan fingerprint density at radius 1 is 0.949 bits per heavy atom. The molecular weight excluding hydrogens is 492 g/mol. The maximum atomic E-state index is 13.1. The van der Waals surface area contributed by atoms with Gasteiger partial charge in [0.1, 0.15) is 5.82 Å². The maximum Gasteiger partial charge on any atom is 0.253 e. The first-order chi connectivity index (χ1) is 18.7. The predicted octanol–water partition coefficient (Wildman–Crippen LogP) is 2.94. The van der Waals surface area contributed by atoms with Gasteiger partial charge in [0.25, 0.3) is 11.8 Å². The standard InChI is InChI=1S/C30H40N6O3/c1-4-35-11-5-6-21(17-35)33-29(38)20-7-10-27(32-16-20)36-23-8-9-24(36)15-22(14-23)34-30(39)26-13-18(2)25(28(31)37)12-19(26)3/h7,10,12-13,16,21-24H,4-6,8-9,11,14-15,17H2,1-3H3,(H2,31,37)(H,33,38)(H,34,39)/t21-,22-,23+,24-/m1/s1. The van der Waals surface area contributed by atoms with Gasteiger partial charge in [-0.25, -0.2) is 4.98 Å². The van der Waals surface area contributed by atoms with E-state index in [2.05, 4.69) is 27.4 Å². The molecule has 5 rings (SSSR count). The molecule has 3 fully saturated rings. The van der Waals surface area contributed by atoms with Crippen molar-refractivity contribution in [1.82, 2.24) is 20.5 Å². The fourth-order valence-corrected chi connectivity index (χ4v) is 6.66. The number of carbonyl (C=O) groups is 3. The number of carbonyl (C=O) groups excluding carboxylic acids is 3. The number of benzene rings is 1. The van der Waals surface area contributed by atoms with Crippen molar-refractivity contribution in [2.24, 2.45) is 5.73 Å². The molecule has 0 spiro atoms. The first-order valence-corrected chi connectivity index (χ1v) is 14.2. The molecule has 9 heteroatoms. The third kappa shape index (κ3) is 5.78. The Kier molecular flexibility index (Phi) is 7.88. The van der Waals surface area contributed by atoms with E-state index in [4.69, 9.17) is 10.7 Å². The smallest absolute Gasteiger partial charge is 0.253 e. The molecule has 3 aliphatic rings. The fraction of sp³-hybridized carbons (Fsp3) is 0.533. The first-order valence-electron chi connectivity index (χ1n) is 14.2. The van der Waals surface area contributed by atoms with Gasteiger partial charge >= 0.3 is 0 Å². The minimum atomic E-state index is -0.485. The summed E-state index contributed by atoms with van der Waals surface area (Å²) in [6, 6.07) is 8.15. The fourth-order valence-electron chi connectivity index (χ4n) is 6.66. The van der Waals surface area contributed by atoms with Crippen molar-refractivity contribution in [2.45, 2.75) is 83.5 Å². The molecule has 0 saturated carbocycles. The van der Waals surface area contributed by atoms with E-state index < -0.39 is 5.91 Å². The average molecular weight is 533 g/mol. The molecule has 0 aliphatic carbocycles.